The second kappa shape index (κ2) is 11.5. The lowest BCUT2D eigenvalue weighted by molar-refractivity contribution is -0.111. The second-order valence-corrected chi connectivity index (χ2v) is 8.47. The van der Waals surface area contributed by atoms with E-state index < -0.39 is 0 Å². The number of benzene rings is 3. The fourth-order valence-electron chi connectivity index (χ4n) is 3.85. The zero-order valence-electron chi connectivity index (χ0n) is 20.3. The van der Waals surface area contributed by atoms with Crippen molar-refractivity contribution in [3.05, 3.63) is 102 Å². The van der Waals surface area contributed by atoms with Gasteiger partial charge in [-0.05, 0) is 36.9 Å². The molecule has 0 radical (unpaired) electrons. The van der Waals surface area contributed by atoms with Crippen LogP contribution in [0.1, 0.15) is 16.7 Å². The Morgan fingerprint density at radius 2 is 1.97 bits per heavy atom. The van der Waals surface area contributed by atoms with Crippen LogP contribution >= 0.6 is 0 Å². The molecule has 0 saturated heterocycles. The minimum absolute atomic E-state index is 0.132. The van der Waals surface area contributed by atoms with Crippen molar-refractivity contribution < 1.29 is 9.90 Å². The van der Waals surface area contributed by atoms with Crippen molar-refractivity contribution >= 4 is 33.9 Å². The number of nitriles is 1. The van der Waals surface area contributed by atoms with Gasteiger partial charge in [-0.25, -0.2) is 0 Å². The summed E-state index contributed by atoms with van der Waals surface area (Å²) in [5.74, 6) is 2.07. The SMILES string of the molecule is C#Cc1cccc(Nc2c(C#N)cnc3cc(O)c(NC(=O)/C=C/CN(C)Cc4ccccc4)cc23)c1. The summed E-state index contributed by atoms with van der Waals surface area (Å²) < 4.78 is 0. The van der Waals surface area contributed by atoms with Gasteiger partial charge in [0, 0.05) is 48.1 Å². The number of hydrogen-bond acceptors (Lipinski definition) is 6. The molecule has 0 aliphatic heterocycles. The van der Waals surface area contributed by atoms with Crippen molar-refractivity contribution in [2.75, 3.05) is 24.2 Å². The number of terminal acetylenes is 1. The van der Waals surface area contributed by atoms with E-state index in [1.165, 1.54) is 23.9 Å². The Morgan fingerprint density at radius 3 is 2.73 bits per heavy atom. The number of fused-ring (bicyclic) bond motifs is 1. The van der Waals surface area contributed by atoms with Gasteiger partial charge < -0.3 is 15.7 Å². The maximum absolute atomic E-state index is 12.6. The maximum atomic E-state index is 12.6. The van der Waals surface area contributed by atoms with Gasteiger partial charge in [0.25, 0.3) is 0 Å². The molecule has 0 atom stereocenters. The molecule has 1 aromatic heterocycles. The molecule has 1 heterocycles. The number of aromatic hydroxyl groups is 1. The molecular formula is C30H25N5O2. The number of hydrogen-bond donors (Lipinski definition) is 3. The molecule has 0 unspecified atom stereocenters. The lowest BCUT2D eigenvalue weighted by Crippen LogP contribution is -2.18. The summed E-state index contributed by atoms with van der Waals surface area (Å²) in [7, 11) is 1.97. The number of phenols is 1. The zero-order valence-corrected chi connectivity index (χ0v) is 20.3. The molecule has 0 fully saturated rings. The van der Waals surface area contributed by atoms with E-state index in [9.17, 15) is 15.2 Å². The largest absolute Gasteiger partial charge is 0.506 e. The summed E-state index contributed by atoms with van der Waals surface area (Å²) in [6, 6.07) is 22.5. The molecule has 4 aromatic rings. The number of amides is 1. The van der Waals surface area contributed by atoms with Gasteiger partial charge in [-0.2, -0.15) is 5.26 Å². The second-order valence-electron chi connectivity index (χ2n) is 8.47. The van der Waals surface area contributed by atoms with E-state index in [4.69, 9.17) is 6.42 Å². The predicted octanol–water partition coefficient (Wildman–Crippen LogP) is 5.16. The van der Waals surface area contributed by atoms with Crippen LogP contribution in [-0.2, 0) is 11.3 Å². The van der Waals surface area contributed by atoms with Crippen LogP contribution in [0.4, 0.5) is 17.1 Å². The summed E-state index contributed by atoms with van der Waals surface area (Å²) in [6.45, 7) is 1.33. The van der Waals surface area contributed by atoms with E-state index in [1.54, 1.807) is 24.3 Å². The van der Waals surface area contributed by atoms with Gasteiger partial charge >= 0.3 is 0 Å². The molecule has 182 valence electrons. The molecule has 37 heavy (non-hydrogen) atoms. The minimum Gasteiger partial charge on any atom is -0.506 e. The fraction of sp³-hybridized carbons (Fsp3) is 0.100. The van der Waals surface area contributed by atoms with Crippen LogP contribution in [0.2, 0.25) is 0 Å². The predicted molar refractivity (Wildman–Crippen MR) is 146 cm³/mol. The van der Waals surface area contributed by atoms with Crippen molar-refractivity contribution in [2.45, 2.75) is 6.54 Å². The summed E-state index contributed by atoms with van der Waals surface area (Å²) in [4.78, 5) is 18.9. The Morgan fingerprint density at radius 1 is 1.16 bits per heavy atom. The fourth-order valence-corrected chi connectivity index (χ4v) is 3.85. The van der Waals surface area contributed by atoms with Gasteiger partial charge in [0.2, 0.25) is 5.91 Å². The summed E-state index contributed by atoms with van der Waals surface area (Å²) in [5.41, 5.74) is 4.04. The Hall–Kier alpha value is -5.11. The number of nitrogens with one attached hydrogen (secondary N) is 2. The molecule has 1 amide bonds. The van der Waals surface area contributed by atoms with Crippen LogP contribution in [0.5, 0.6) is 5.75 Å². The number of carbonyl (C=O) groups excluding carboxylic acids is 1. The van der Waals surface area contributed by atoms with Crippen LogP contribution in [0.25, 0.3) is 10.9 Å². The summed E-state index contributed by atoms with van der Waals surface area (Å²) in [5, 5.41) is 26.7. The van der Waals surface area contributed by atoms with Gasteiger partial charge in [-0.1, -0.05) is 48.4 Å². The number of anilines is 3. The van der Waals surface area contributed by atoms with Crippen LogP contribution < -0.4 is 10.6 Å². The molecule has 3 N–H and O–H groups in total. The van der Waals surface area contributed by atoms with E-state index in [-0.39, 0.29) is 17.3 Å². The van der Waals surface area contributed by atoms with Gasteiger partial charge in [0.1, 0.15) is 11.8 Å². The van der Waals surface area contributed by atoms with Gasteiger partial charge in [0.05, 0.1) is 22.5 Å². The number of likely N-dealkylation sites (N-methyl/N-ethyl adjacent to an activating group) is 1. The van der Waals surface area contributed by atoms with Gasteiger partial charge in [-0.3, -0.25) is 14.7 Å². The minimum atomic E-state index is -0.386. The first kappa shape index (κ1) is 25.0. The van der Waals surface area contributed by atoms with Crippen molar-refractivity contribution in [3.8, 4) is 24.2 Å². The Bertz CT molecular complexity index is 1550. The molecule has 4 rings (SSSR count). The highest BCUT2D eigenvalue weighted by Crippen LogP contribution is 2.35. The number of nitrogens with zero attached hydrogens (tertiary/aromatic N) is 3. The molecular weight excluding hydrogens is 462 g/mol. The third-order valence-corrected chi connectivity index (χ3v) is 5.64. The van der Waals surface area contributed by atoms with Gasteiger partial charge in [0.15, 0.2) is 0 Å². The van der Waals surface area contributed by atoms with Crippen molar-refractivity contribution in [1.82, 2.24) is 9.88 Å². The van der Waals surface area contributed by atoms with Crippen molar-refractivity contribution in [3.63, 3.8) is 0 Å². The third kappa shape index (κ3) is 6.32. The Labute approximate surface area is 215 Å². The van der Waals surface area contributed by atoms with Crippen molar-refractivity contribution in [1.29, 1.82) is 5.26 Å². The average Bonchev–Trinajstić information content (AvgIpc) is 2.90. The standard InChI is InChI=1S/C30H25N5O2/c1-3-21-11-7-12-24(15-21)33-30-23(18-31)19-32-26-17-28(36)27(16-25(26)30)34-29(37)13-8-14-35(2)20-22-9-5-4-6-10-22/h1,4-13,15-17,19,36H,14,20H2,2H3,(H,32,33)(H,34,37)/b13-8+. The van der Waals surface area contributed by atoms with Crippen LogP contribution in [0.15, 0.2) is 85.1 Å². The molecule has 7 nitrogen and oxygen atoms in total. The number of phenolic OH excluding ortho intramolecular Hbond substituents is 1. The van der Waals surface area contributed by atoms with E-state index >= 15 is 0 Å². The number of rotatable bonds is 8. The van der Waals surface area contributed by atoms with Crippen LogP contribution in [-0.4, -0.2) is 34.5 Å². The lowest BCUT2D eigenvalue weighted by Gasteiger charge is -2.14. The maximum Gasteiger partial charge on any atom is 0.248 e. The normalized spacial score (nSPS) is 10.8. The highest BCUT2D eigenvalue weighted by atomic mass is 16.3. The smallest absolute Gasteiger partial charge is 0.248 e. The highest BCUT2D eigenvalue weighted by Gasteiger charge is 2.14. The number of carbonyl (C=O) groups is 1. The van der Waals surface area contributed by atoms with E-state index in [1.807, 2.05) is 37.4 Å². The molecule has 0 aliphatic rings. The average molecular weight is 488 g/mol. The Balaban J connectivity index is 1.53. The number of aromatic nitrogens is 1. The Kier molecular flexibility index (Phi) is 7.80. The van der Waals surface area contributed by atoms with Crippen molar-refractivity contribution in [2.24, 2.45) is 0 Å². The molecule has 0 saturated carbocycles. The number of pyridine rings is 1. The first-order valence-corrected chi connectivity index (χ1v) is 11.6. The monoisotopic (exact) mass is 487 g/mol. The first-order valence-electron chi connectivity index (χ1n) is 11.6. The molecule has 3 aromatic carbocycles. The van der Waals surface area contributed by atoms with Crippen LogP contribution in [0, 0.1) is 23.7 Å². The van der Waals surface area contributed by atoms with E-state index in [2.05, 4.69) is 44.6 Å². The molecule has 0 spiro atoms. The van der Waals surface area contributed by atoms with Crippen LogP contribution in [0.3, 0.4) is 0 Å². The van der Waals surface area contributed by atoms with E-state index in [0.29, 0.717) is 39.9 Å². The lowest BCUT2D eigenvalue weighted by atomic mass is 10.1. The van der Waals surface area contributed by atoms with Gasteiger partial charge in [-0.15, -0.1) is 6.42 Å². The quantitative estimate of drug-likeness (QED) is 0.180. The summed E-state index contributed by atoms with van der Waals surface area (Å²) >= 11 is 0. The first-order chi connectivity index (χ1) is 18.0. The topological polar surface area (TPSA) is 101 Å². The van der Waals surface area contributed by atoms with E-state index in [0.717, 1.165) is 6.54 Å². The third-order valence-electron chi connectivity index (χ3n) is 5.64. The zero-order chi connectivity index (χ0) is 26.2. The highest BCUT2D eigenvalue weighted by molar-refractivity contribution is 6.04. The summed E-state index contributed by atoms with van der Waals surface area (Å²) in [6.07, 6.45) is 10.1. The molecule has 0 bridgehead atoms. The molecule has 0 aliphatic carbocycles. The molecule has 7 heteroatoms.